The molecule has 0 aliphatic rings. The van der Waals surface area contributed by atoms with Gasteiger partial charge in [-0.05, 0) is 0 Å². The van der Waals surface area contributed by atoms with Crippen molar-refractivity contribution in [2.24, 2.45) is 0 Å². The van der Waals surface area contributed by atoms with Crippen molar-refractivity contribution in [2.45, 2.75) is 0 Å². The normalized spacial score (nSPS) is 5.78. The first-order valence-electron chi connectivity index (χ1n) is 1.18. The average Bonchev–Trinajstić information content (AvgIpc) is 1.27. The summed E-state index contributed by atoms with van der Waals surface area (Å²) in [6.07, 6.45) is -1.77. The van der Waals surface area contributed by atoms with Crippen LogP contribution in [0.25, 0.3) is 0 Å². The SMILES string of the molecule is O=C(O)[O][V](=[O])=[O].[Ag].[Ce]. The van der Waals surface area contributed by atoms with Crippen molar-refractivity contribution >= 4 is 6.16 Å². The summed E-state index contributed by atoms with van der Waals surface area (Å²) in [5.41, 5.74) is 0. The standard InChI is InChI=1S/CH2O3.Ag.Ce.2O.V/c2-1(3)4;;;;;/h(H2,2,3,4);;;;;/q;;;;;+1/p-1. The Hall–Kier alpha value is 1.57. The molecule has 0 aromatic heterocycles. The first-order valence-corrected chi connectivity index (χ1v) is 2.89. The topological polar surface area (TPSA) is 80.7 Å². The van der Waals surface area contributed by atoms with Crippen LogP contribution in [0.15, 0.2) is 0 Å². The minimum atomic E-state index is -3.88. The van der Waals surface area contributed by atoms with Crippen molar-refractivity contribution in [1.82, 2.24) is 0 Å². The summed E-state index contributed by atoms with van der Waals surface area (Å²) >= 11 is -3.88. The van der Waals surface area contributed by atoms with Gasteiger partial charge in [-0.3, -0.25) is 0 Å². The van der Waals surface area contributed by atoms with Gasteiger partial charge in [-0.15, -0.1) is 0 Å². The predicted molar refractivity (Wildman–Crippen MR) is 10.5 cm³/mol. The first kappa shape index (κ1) is 16.9. The maximum atomic E-state index is 9.32. The second kappa shape index (κ2) is 9.57. The van der Waals surface area contributed by atoms with Gasteiger partial charge in [0.1, 0.15) is 0 Å². The van der Waals surface area contributed by atoms with E-state index in [1.807, 2.05) is 0 Å². The van der Waals surface area contributed by atoms with Crippen LogP contribution in [0.3, 0.4) is 0 Å². The monoisotopic (exact) mass is 391 g/mol. The van der Waals surface area contributed by atoms with Gasteiger partial charge in [0.25, 0.3) is 0 Å². The van der Waals surface area contributed by atoms with Gasteiger partial charge in [-0.1, -0.05) is 0 Å². The van der Waals surface area contributed by atoms with E-state index in [1.54, 1.807) is 0 Å². The third-order valence-corrected chi connectivity index (χ3v) is 0.629. The number of carbonyl (C=O) groups is 1. The van der Waals surface area contributed by atoms with E-state index in [0.717, 1.165) is 0 Å². The van der Waals surface area contributed by atoms with Gasteiger partial charge in [0.15, 0.2) is 0 Å². The molecule has 0 aliphatic carbocycles. The van der Waals surface area contributed by atoms with Crippen molar-refractivity contribution in [1.29, 1.82) is 0 Å². The molecule has 0 heterocycles. The van der Waals surface area contributed by atoms with Gasteiger partial charge < -0.3 is 0 Å². The summed E-state index contributed by atoms with van der Waals surface area (Å²) < 4.78 is 21.9. The quantitative estimate of drug-likeness (QED) is 0.631. The van der Waals surface area contributed by atoms with Crippen LogP contribution in [0.2, 0.25) is 0 Å². The Balaban J connectivity index is -0.000000180. The average molecular weight is 392 g/mol. The first-order chi connectivity index (χ1) is 3.13. The molecule has 0 atom stereocenters. The van der Waals surface area contributed by atoms with Crippen molar-refractivity contribution < 1.29 is 100 Å². The number of hydrogen-bond acceptors (Lipinski definition) is 4. The van der Waals surface area contributed by atoms with E-state index in [2.05, 4.69) is 3.66 Å². The Morgan fingerprint density at radius 2 is 1.78 bits per heavy atom. The molecule has 0 saturated carbocycles. The van der Waals surface area contributed by atoms with Crippen LogP contribution < -0.4 is 0 Å². The van der Waals surface area contributed by atoms with Crippen molar-refractivity contribution in [3.05, 3.63) is 0 Å². The molecule has 0 rings (SSSR count). The Labute approximate surface area is 105 Å². The van der Waals surface area contributed by atoms with Crippen LogP contribution in [0.4, 0.5) is 4.79 Å². The molecular formula is CHAgCeO5V. The van der Waals surface area contributed by atoms with Gasteiger partial charge >= 0.3 is 42.5 Å². The summed E-state index contributed by atoms with van der Waals surface area (Å²) in [4.78, 5) is 9.22. The molecule has 0 fully saturated rings. The maximum Gasteiger partial charge on any atom is 0 e. The summed E-state index contributed by atoms with van der Waals surface area (Å²) in [5, 5.41) is 7.50. The number of hydrogen-bond donors (Lipinski definition) is 1. The molecule has 1 N–H and O–H groups in total. The van der Waals surface area contributed by atoms with Crippen LogP contribution >= 0.6 is 0 Å². The van der Waals surface area contributed by atoms with Crippen LogP contribution in [0.1, 0.15) is 0 Å². The third-order valence-electron chi connectivity index (χ3n) is 0.153. The second-order valence-electron chi connectivity index (χ2n) is 0.581. The van der Waals surface area contributed by atoms with Crippen molar-refractivity contribution in [3.8, 4) is 0 Å². The van der Waals surface area contributed by atoms with E-state index in [4.69, 9.17) is 5.11 Å². The van der Waals surface area contributed by atoms with E-state index >= 15 is 0 Å². The Bertz CT molecular complexity index is 134. The van der Waals surface area contributed by atoms with Gasteiger partial charge in [0.05, 0.1) is 0 Å². The van der Waals surface area contributed by atoms with Gasteiger partial charge in [-0.25, -0.2) is 0 Å². The fourth-order valence-corrected chi connectivity index (χ4v) is 0.263. The molecule has 9 heavy (non-hydrogen) atoms. The Morgan fingerprint density at radius 1 is 1.44 bits per heavy atom. The molecule has 0 unspecified atom stereocenters. The minimum absolute atomic E-state index is 0. The minimum Gasteiger partial charge on any atom is 0 e. The fourth-order valence-electron chi connectivity index (χ4n) is 0.0638. The largest absolute Gasteiger partial charge is 0 e. The summed E-state index contributed by atoms with van der Waals surface area (Å²) in [6, 6.07) is 0. The molecule has 0 bridgehead atoms. The molecule has 0 aromatic carbocycles. The van der Waals surface area contributed by atoms with E-state index in [9.17, 15) is 12.1 Å². The molecule has 0 saturated heterocycles. The molecular weight excluding hydrogens is 391 g/mol. The molecule has 0 amide bonds. The van der Waals surface area contributed by atoms with Crippen molar-refractivity contribution in [2.75, 3.05) is 0 Å². The maximum absolute atomic E-state index is 9.32. The zero-order chi connectivity index (χ0) is 5.86. The van der Waals surface area contributed by atoms with E-state index in [0.29, 0.717) is 0 Å². The van der Waals surface area contributed by atoms with Gasteiger partial charge in [0, 0.05) is 64.1 Å². The van der Waals surface area contributed by atoms with Gasteiger partial charge in [-0.2, -0.15) is 0 Å². The fraction of sp³-hybridized carbons (Fsp3) is 0. The van der Waals surface area contributed by atoms with Gasteiger partial charge in [0.2, 0.25) is 0 Å². The number of carboxylic acid groups (broad SMARTS) is 1. The molecule has 5 nitrogen and oxygen atoms in total. The molecule has 0 aromatic rings. The molecule has 55 valence electrons. The van der Waals surface area contributed by atoms with Crippen LogP contribution in [-0.4, -0.2) is 11.3 Å². The smallest absolute Gasteiger partial charge is 0 e. The summed E-state index contributed by atoms with van der Waals surface area (Å²) in [7, 11) is 0. The summed E-state index contributed by atoms with van der Waals surface area (Å²) in [6.45, 7) is 0. The van der Waals surface area contributed by atoms with Crippen LogP contribution in [-0.2, 0) is 48.8 Å². The van der Waals surface area contributed by atoms with E-state index in [1.165, 1.54) is 0 Å². The zero-order valence-corrected chi connectivity index (χ0v) is 9.85. The molecule has 0 spiro atoms. The van der Waals surface area contributed by atoms with E-state index < -0.39 is 21.6 Å². The zero-order valence-electron chi connectivity index (χ0n) is 3.83. The Morgan fingerprint density at radius 3 is 1.78 bits per heavy atom. The second-order valence-corrected chi connectivity index (χ2v) is 1.56. The third kappa shape index (κ3) is 17.7. The molecule has 0 aliphatic heterocycles. The van der Waals surface area contributed by atoms with Crippen LogP contribution in [0.5, 0.6) is 0 Å². The van der Waals surface area contributed by atoms with E-state index in [-0.39, 0.29) is 64.1 Å². The Kier molecular flexibility index (Phi) is 18.0. The molecule has 1 radical (unpaired) electrons. The van der Waals surface area contributed by atoms with Crippen molar-refractivity contribution in [3.63, 3.8) is 0 Å². The predicted octanol–water partition coefficient (Wildman–Crippen LogP) is -0.0973. The summed E-state index contributed by atoms with van der Waals surface area (Å²) in [5.74, 6) is 0. The molecule has 8 heteroatoms. The number of rotatable bonds is 1. The van der Waals surface area contributed by atoms with Crippen LogP contribution in [0, 0.1) is 41.7 Å².